The van der Waals surface area contributed by atoms with Crippen LogP contribution in [0.2, 0.25) is 0 Å². The Morgan fingerprint density at radius 1 is 1.64 bits per heavy atom. The lowest BCUT2D eigenvalue weighted by atomic mass is 10.2. The van der Waals surface area contributed by atoms with Gasteiger partial charge in [0.2, 0.25) is 5.91 Å². The second-order valence-corrected chi connectivity index (χ2v) is 3.99. The third-order valence-corrected chi connectivity index (χ3v) is 2.79. The van der Waals surface area contributed by atoms with Crippen LogP contribution in [0.3, 0.4) is 0 Å². The van der Waals surface area contributed by atoms with Gasteiger partial charge in [0.15, 0.2) is 0 Å². The molecule has 1 amide bonds. The minimum atomic E-state index is 0.171. The van der Waals surface area contributed by atoms with Crippen LogP contribution in [-0.4, -0.2) is 60.1 Å². The Balaban J connectivity index is 2.39. The number of aliphatic hydroxyl groups excluding tert-OH is 1. The molecule has 0 aliphatic carbocycles. The van der Waals surface area contributed by atoms with Crippen LogP contribution in [0.25, 0.3) is 0 Å². The van der Waals surface area contributed by atoms with Crippen molar-refractivity contribution >= 4 is 5.91 Å². The molecule has 1 atom stereocenters. The predicted molar refractivity (Wildman–Crippen MR) is 55.0 cm³/mol. The topological polar surface area (TPSA) is 43.8 Å². The fourth-order valence-electron chi connectivity index (χ4n) is 2.06. The molecule has 0 aromatic heterocycles. The average molecular weight is 200 g/mol. The molecule has 1 aliphatic rings. The molecule has 0 spiro atoms. The van der Waals surface area contributed by atoms with E-state index in [2.05, 4.69) is 4.90 Å². The third kappa shape index (κ3) is 2.96. The number of hydrogen-bond donors (Lipinski definition) is 1. The first kappa shape index (κ1) is 11.5. The fourth-order valence-corrected chi connectivity index (χ4v) is 2.06. The minimum Gasteiger partial charge on any atom is -0.395 e. The number of carbonyl (C=O) groups is 1. The van der Waals surface area contributed by atoms with Gasteiger partial charge >= 0.3 is 0 Å². The number of likely N-dealkylation sites (N-methyl/N-ethyl adjacent to an activating group) is 1. The second-order valence-electron chi connectivity index (χ2n) is 3.99. The summed E-state index contributed by atoms with van der Waals surface area (Å²) in [6.45, 7) is 4.27. The van der Waals surface area contributed by atoms with Gasteiger partial charge in [-0.1, -0.05) is 0 Å². The highest BCUT2D eigenvalue weighted by atomic mass is 16.3. The molecule has 1 rings (SSSR count). The van der Waals surface area contributed by atoms with E-state index in [1.807, 2.05) is 11.9 Å². The summed E-state index contributed by atoms with van der Waals surface area (Å²) in [7, 11) is 1.98. The average Bonchev–Trinajstić information content (AvgIpc) is 2.52. The molecule has 4 nitrogen and oxygen atoms in total. The first-order valence-corrected chi connectivity index (χ1v) is 5.21. The van der Waals surface area contributed by atoms with Crippen molar-refractivity contribution in [1.82, 2.24) is 9.80 Å². The molecule has 1 saturated heterocycles. The van der Waals surface area contributed by atoms with E-state index in [0.29, 0.717) is 12.6 Å². The summed E-state index contributed by atoms with van der Waals surface area (Å²) in [5, 5.41) is 8.76. The Hall–Kier alpha value is -0.610. The number of amides is 1. The summed E-state index contributed by atoms with van der Waals surface area (Å²) in [5.74, 6) is 0.171. The predicted octanol–water partition coefficient (Wildman–Crippen LogP) is -0.0786. The van der Waals surface area contributed by atoms with E-state index >= 15 is 0 Å². The van der Waals surface area contributed by atoms with Crippen molar-refractivity contribution < 1.29 is 9.90 Å². The molecule has 0 saturated carbocycles. The zero-order valence-electron chi connectivity index (χ0n) is 9.07. The molecule has 4 heteroatoms. The van der Waals surface area contributed by atoms with Crippen LogP contribution in [0.1, 0.15) is 19.8 Å². The Labute approximate surface area is 85.5 Å². The summed E-state index contributed by atoms with van der Waals surface area (Å²) in [4.78, 5) is 15.3. The Morgan fingerprint density at radius 3 is 2.93 bits per heavy atom. The molecule has 1 fully saturated rings. The van der Waals surface area contributed by atoms with Crippen molar-refractivity contribution in [3.63, 3.8) is 0 Å². The lowest BCUT2D eigenvalue weighted by Crippen LogP contribution is -2.41. The van der Waals surface area contributed by atoms with Crippen molar-refractivity contribution in [2.75, 3.05) is 33.3 Å². The van der Waals surface area contributed by atoms with Crippen LogP contribution in [0, 0.1) is 0 Å². The quantitative estimate of drug-likeness (QED) is 0.690. The summed E-state index contributed by atoms with van der Waals surface area (Å²) >= 11 is 0. The molecule has 1 N–H and O–H groups in total. The normalized spacial score (nSPS) is 22.0. The SMILES string of the molecule is CC(=O)N1CCC[C@@H]1CN(C)CCO. The molecule has 0 radical (unpaired) electrons. The van der Waals surface area contributed by atoms with E-state index in [4.69, 9.17) is 5.11 Å². The van der Waals surface area contributed by atoms with Crippen molar-refractivity contribution in [3.05, 3.63) is 0 Å². The molecule has 0 aromatic rings. The number of likely N-dealkylation sites (tertiary alicyclic amines) is 1. The van der Waals surface area contributed by atoms with Crippen LogP contribution in [0.15, 0.2) is 0 Å². The summed E-state index contributed by atoms with van der Waals surface area (Å²) in [5.41, 5.74) is 0. The van der Waals surface area contributed by atoms with Crippen molar-refractivity contribution in [1.29, 1.82) is 0 Å². The van der Waals surface area contributed by atoms with Gasteiger partial charge in [0.25, 0.3) is 0 Å². The van der Waals surface area contributed by atoms with E-state index in [1.54, 1.807) is 6.92 Å². The largest absolute Gasteiger partial charge is 0.395 e. The number of aliphatic hydroxyl groups is 1. The number of hydrogen-bond acceptors (Lipinski definition) is 3. The van der Waals surface area contributed by atoms with E-state index in [9.17, 15) is 4.79 Å². The smallest absolute Gasteiger partial charge is 0.219 e. The summed E-state index contributed by atoms with van der Waals surface area (Å²) in [6.07, 6.45) is 2.20. The summed E-state index contributed by atoms with van der Waals surface area (Å²) in [6, 6.07) is 0.351. The Kier molecular flexibility index (Phi) is 4.35. The number of rotatable bonds is 4. The zero-order valence-corrected chi connectivity index (χ0v) is 9.07. The highest BCUT2D eigenvalue weighted by molar-refractivity contribution is 5.73. The van der Waals surface area contributed by atoms with Gasteiger partial charge in [-0.25, -0.2) is 0 Å². The number of nitrogens with zero attached hydrogens (tertiary/aromatic N) is 2. The zero-order chi connectivity index (χ0) is 10.6. The molecular formula is C10H20N2O2. The number of carbonyl (C=O) groups excluding carboxylic acids is 1. The highest BCUT2D eigenvalue weighted by Gasteiger charge is 2.26. The van der Waals surface area contributed by atoms with E-state index < -0.39 is 0 Å². The van der Waals surface area contributed by atoms with Crippen LogP contribution < -0.4 is 0 Å². The van der Waals surface area contributed by atoms with Gasteiger partial charge in [0.05, 0.1) is 6.61 Å². The van der Waals surface area contributed by atoms with E-state index in [-0.39, 0.29) is 12.5 Å². The van der Waals surface area contributed by atoms with E-state index in [0.717, 1.165) is 25.9 Å². The molecule has 1 heterocycles. The maximum Gasteiger partial charge on any atom is 0.219 e. The first-order chi connectivity index (χ1) is 6.65. The van der Waals surface area contributed by atoms with Gasteiger partial charge in [0.1, 0.15) is 0 Å². The third-order valence-electron chi connectivity index (χ3n) is 2.79. The molecule has 1 aliphatic heterocycles. The van der Waals surface area contributed by atoms with Gasteiger partial charge in [-0.15, -0.1) is 0 Å². The molecule has 0 bridgehead atoms. The minimum absolute atomic E-state index is 0.171. The van der Waals surface area contributed by atoms with Crippen LogP contribution in [-0.2, 0) is 4.79 Å². The molecule has 82 valence electrons. The van der Waals surface area contributed by atoms with Gasteiger partial charge in [-0.05, 0) is 19.9 Å². The highest BCUT2D eigenvalue weighted by Crippen LogP contribution is 2.17. The first-order valence-electron chi connectivity index (χ1n) is 5.21. The maximum atomic E-state index is 11.3. The van der Waals surface area contributed by atoms with Crippen molar-refractivity contribution in [2.45, 2.75) is 25.8 Å². The Bertz CT molecular complexity index is 197. The van der Waals surface area contributed by atoms with Crippen molar-refractivity contribution in [3.8, 4) is 0 Å². The lowest BCUT2D eigenvalue weighted by molar-refractivity contribution is -0.129. The van der Waals surface area contributed by atoms with Crippen LogP contribution in [0.5, 0.6) is 0 Å². The van der Waals surface area contributed by atoms with Crippen molar-refractivity contribution in [2.24, 2.45) is 0 Å². The fraction of sp³-hybridized carbons (Fsp3) is 0.900. The molecular weight excluding hydrogens is 180 g/mol. The van der Waals surface area contributed by atoms with Gasteiger partial charge in [-0.3, -0.25) is 4.79 Å². The monoisotopic (exact) mass is 200 g/mol. The van der Waals surface area contributed by atoms with E-state index in [1.165, 1.54) is 0 Å². The van der Waals surface area contributed by atoms with Crippen LogP contribution >= 0.6 is 0 Å². The summed E-state index contributed by atoms with van der Waals surface area (Å²) < 4.78 is 0. The standard InChI is InChI=1S/C10H20N2O2/c1-9(14)12-5-3-4-10(12)8-11(2)6-7-13/h10,13H,3-8H2,1-2H3/t10-/m1/s1. The van der Waals surface area contributed by atoms with Gasteiger partial charge in [0, 0.05) is 32.6 Å². The Morgan fingerprint density at radius 2 is 2.36 bits per heavy atom. The van der Waals surface area contributed by atoms with Gasteiger partial charge in [-0.2, -0.15) is 0 Å². The molecule has 14 heavy (non-hydrogen) atoms. The maximum absolute atomic E-state index is 11.3. The lowest BCUT2D eigenvalue weighted by Gasteiger charge is -2.27. The molecule has 0 unspecified atom stereocenters. The molecule has 0 aromatic carbocycles. The van der Waals surface area contributed by atoms with Gasteiger partial charge < -0.3 is 14.9 Å². The van der Waals surface area contributed by atoms with Crippen LogP contribution in [0.4, 0.5) is 0 Å². The second kappa shape index (κ2) is 5.32.